The lowest BCUT2D eigenvalue weighted by molar-refractivity contribution is 0.144. The normalized spacial score (nSPS) is 15.9. The van der Waals surface area contributed by atoms with E-state index in [1.807, 2.05) is 0 Å². The number of hydrogen-bond donors (Lipinski definition) is 1. The Kier molecular flexibility index (Phi) is 3.53. The van der Waals surface area contributed by atoms with Gasteiger partial charge in [0.2, 0.25) is 5.88 Å². The van der Waals surface area contributed by atoms with Gasteiger partial charge in [-0.3, -0.25) is 4.98 Å². The summed E-state index contributed by atoms with van der Waals surface area (Å²) < 4.78 is 5.04. The number of aromatic nitrogens is 2. The molecular weight excluding hydrogens is 232 g/mol. The third-order valence-corrected chi connectivity index (χ3v) is 2.33. The summed E-state index contributed by atoms with van der Waals surface area (Å²) in [6.07, 6.45) is 2.31. The lowest BCUT2D eigenvalue weighted by Crippen LogP contribution is -2.47. The molecule has 1 amide bonds. The summed E-state index contributed by atoms with van der Waals surface area (Å²) >= 11 is 5.63. The molecule has 2 heterocycles. The van der Waals surface area contributed by atoms with Crippen molar-refractivity contribution < 1.29 is 9.53 Å². The van der Waals surface area contributed by atoms with Crippen molar-refractivity contribution in [3.8, 4) is 5.88 Å². The number of carbonyl (C=O) groups is 1. The fourth-order valence-electron chi connectivity index (χ4n) is 1.38. The van der Waals surface area contributed by atoms with Gasteiger partial charge < -0.3 is 15.0 Å². The Labute approximate surface area is 97.6 Å². The second-order valence-electron chi connectivity index (χ2n) is 3.29. The number of rotatable bonds is 1. The molecule has 1 fully saturated rings. The van der Waals surface area contributed by atoms with Gasteiger partial charge in [-0.25, -0.2) is 4.79 Å². The average Bonchev–Trinajstić information content (AvgIpc) is 2.30. The first-order valence-electron chi connectivity index (χ1n) is 4.91. The van der Waals surface area contributed by atoms with Gasteiger partial charge in [0.15, 0.2) is 5.15 Å². The Morgan fingerprint density at radius 2 is 2.19 bits per heavy atom. The van der Waals surface area contributed by atoms with Crippen molar-refractivity contribution in [2.24, 2.45) is 0 Å². The Morgan fingerprint density at radius 1 is 1.44 bits per heavy atom. The molecule has 16 heavy (non-hydrogen) atoms. The van der Waals surface area contributed by atoms with Crippen LogP contribution in [-0.2, 0) is 0 Å². The zero-order chi connectivity index (χ0) is 11.4. The van der Waals surface area contributed by atoms with Gasteiger partial charge in [-0.1, -0.05) is 11.6 Å². The van der Waals surface area contributed by atoms with E-state index in [9.17, 15) is 4.79 Å². The van der Waals surface area contributed by atoms with Crippen molar-refractivity contribution >= 4 is 17.7 Å². The quantitative estimate of drug-likeness (QED) is 0.778. The summed E-state index contributed by atoms with van der Waals surface area (Å²) in [5, 5.41) is 3.34. The van der Waals surface area contributed by atoms with Gasteiger partial charge in [0, 0.05) is 26.2 Å². The molecule has 7 heteroatoms. The van der Waals surface area contributed by atoms with Crippen LogP contribution in [0, 0.1) is 0 Å². The van der Waals surface area contributed by atoms with Crippen LogP contribution in [0.2, 0.25) is 5.15 Å². The predicted molar refractivity (Wildman–Crippen MR) is 57.5 cm³/mol. The Hall–Kier alpha value is -1.40. The molecule has 0 spiro atoms. The SMILES string of the molecule is O=C(Oc1cncc(Cl)n1)N1CCNCC1. The summed E-state index contributed by atoms with van der Waals surface area (Å²) in [4.78, 5) is 20.9. The minimum absolute atomic E-state index is 0.121. The van der Waals surface area contributed by atoms with Gasteiger partial charge in [0.25, 0.3) is 0 Å². The van der Waals surface area contributed by atoms with Gasteiger partial charge in [-0.05, 0) is 0 Å². The van der Waals surface area contributed by atoms with Crippen LogP contribution in [0.15, 0.2) is 12.4 Å². The topological polar surface area (TPSA) is 67.3 Å². The molecule has 0 bridgehead atoms. The van der Waals surface area contributed by atoms with E-state index in [0.717, 1.165) is 13.1 Å². The van der Waals surface area contributed by atoms with Crippen LogP contribution < -0.4 is 10.1 Å². The molecule has 1 aliphatic rings. The molecule has 1 saturated heterocycles. The second-order valence-corrected chi connectivity index (χ2v) is 3.67. The summed E-state index contributed by atoms with van der Waals surface area (Å²) in [6.45, 7) is 2.81. The van der Waals surface area contributed by atoms with Gasteiger partial charge >= 0.3 is 6.09 Å². The monoisotopic (exact) mass is 242 g/mol. The molecule has 86 valence electrons. The van der Waals surface area contributed by atoms with Gasteiger partial charge in [0.1, 0.15) is 0 Å². The predicted octanol–water partition coefficient (Wildman–Crippen LogP) is 0.534. The van der Waals surface area contributed by atoms with E-state index in [2.05, 4.69) is 15.3 Å². The minimum Gasteiger partial charge on any atom is -0.389 e. The van der Waals surface area contributed by atoms with Crippen LogP contribution in [0.5, 0.6) is 5.88 Å². The van der Waals surface area contributed by atoms with Gasteiger partial charge in [0.05, 0.1) is 12.4 Å². The Bertz CT molecular complexity index is 382. The third-order valence-electron chi connectivity index (χ3n) is 2.15. The van der Waals surface area contributed by atoms with E-state index < -0.39 is 6.09 Å². The fourth-order valence-corrected chi connectivity index (χ4v) is 1.52. The smallest absolute Gasteiger partial charge is 0.389 e. The number of carbonyl (C=O) groups excluding carboxylic acids is 1. The fraction of sp³-hybridized carbons (Fsp3) is 0.444. The lowest BCUT2D eigenvalue weighted by atomic mass is 10.4. The van der Waals surface area contributed by atoms with Crippen LogP contribution in [0.1, 0.15) is 0 Å². The Balaban J connectivity index is 1.96. The molecule has 0 aliphatic carbocycles. The van der Waals surface area contributed by atoms with Crippen molar-refractivity contribution in [3.05, 3.63) is 17.5 Å². The van der Waals surface area contributed by atoms with E-state index >= 15 is 0 Å². The van der Waals surface area contributed by atoms with Gasteiger partial charge in [-0.15, -0.1) is 0 Å². The molecule has 6 nitrogen and oxygen atoms in total. The highest BCUT2D eigenvalue weighted by atomic mass is 35.5. The highest BCUT2D eigenvalue weighted by molar-refractivity contribution is 6.29. The third kappa shape index (κ3) is 2.80. The summed E-state index contributed by atoms with van der Waals surface area (Å²) in [6, 6.07) is 0. The van der Waals surface area contributed by atoms with Crippen molar-refractivity contribution in [2.45, 2.75) is 0 Å². The number of amides is 1. The zero-order valence-electron chi connectivity index (χ0n) is 8.52. The zero-order valence-corrected chi connectivity index (χ0v) is 9.28. The Morgan fingerprint density at radius 3 is 2.88 bits per heavy atom. The molecular formula is C9H11ClN4O2. The molecule has 0 radical (unpaired) electrons. The number of halogens is 1. The van der Waals surface area contributed by atoms with E-state index in [4.69, 9.17) is 16.3 Å². The minimum atomic E-state index is -0.418. The molecule has 0 unspecified atom stereocenters. The highest BCUT2D eigenvalue weighted by Crippen LogP contribution is 2.10. The van der Waals surface area contributed by atoms with Crippen LogP contribution >= 0.6 is 11.6 Å². The molecule has 0 atom stereocenters. The van der Waals surface area contributed by atoms with Crippen molar-refractivity contribution in [1.29, 1.82) is 0 Å². The first kappa shape index (κ1) is 11.1. The maximum Gasteiger partial charge on any atom is 0.416 e. The van der Waals surface area contributed by atoms with Crippen LogP contribution in [0.3, 0.4) is 0 Å². The molecule has 1 aromatic rings. The highest BCUT2D eigenvalue weighted by Gasteiger charge is 2.18. The first-order chi connectivity index (χ1) is 7.75. The van der Waals surface area contributed by atoms with E-state index in [0.29, 0.717) is 13.1 Å². The summed E-state index contributed by atoms with van der Waals surface area (Å²) in [5.74, 6) is 0.121. The maximum atomic E-state index is 11.6. The van der Waals surface area contributed by atoms with Crippen LogP contribution in [0.4, 0.5) is 4.79 Å². The molecule has 0 aromatic carbocycles. The van der Waals surface area contributed by atoms with Crippen molar-refractivity contribution in [3.63, 3.8) is 0 Å². The molecule has 0 saturated carbocycles. The van der Waals surface area contributed by atoms with Crippen molar-refractivity contribution in [2.75, 3.05) is 26.2 Å². The molecule has 1 N–H and O–H groups in total. The second kappa shape index (κ2) is 5.09. The molecule has 1 aromatic heterocycles. The summed E-state index contributed by atoms with van der Waals surface area (Å²) in [5.41, 5.74) is 0. The number of hydrogen-bond acceptors (Lipinski definition) is 5. The standard InChI is InChI=1S/C9H11ClN4O2/c10-7-5-12-6-8(13-7)16-9(15)14-3-1-11-2-4-14/h5-6,11H,1-4H2. The van der Waals surface area contributed by atoms with E-state index in [1.54, 1.807) is 4.90 Å². The number of nitrogens with zero attached hydrogens (tertiary/aromatic N) is 3. The maximum absolute atomic E-state index is 11.6. The number of ether oxygens (including phenoxy) is 1. The molecule has 2 rings (SSSR count). The summed E-state index contributed by atoms with van der Waals surface area (Å²) in [7, 11) is 0. The largest absolute Gasteiger partial charge is 0.416 e. The van der Waals surface area contributed by atoms with Crippen molar-refractivity contribution in [1.82, 2.24) is 20.2 Å². The first-order valence-corrected chi connectivity index (χ1v) is 5.28. The number of nitrogens with one attached hydrogen (secondary N) is 1. The van der Waals surface area contributed by atoms with E-state index in [-0.39, 0.29) is 11.0 Å². The average molecular weight is 243 g/mol. The molecule has 1 aliphatic heterocycles. The van der Waals surface area contributed by atoms with Crippen LogP contribution in [0.25, 0.3) is 0 Å². The lowest BCUT2D eigenvalue weighted by Gasteiger charge is -2.26. The number of piperazine rings is 1. The van der Waals surface area contributed by atoms with E-state index in [1.165, 1.54) is 12.4 Å². The van der Waals surface area contributed by atoms with Crippen LogP contribution in [-0.4, -0.2) is 47.1 Å². The van der Waals surface area contributed by atoms with Gasteiger partial charge in [-0.2, -0.15) is 4.98 Å².